The Balaban J connectivity index is 1.18. The van der Waals surface area contributed by atoms with Crippen molar-refractivity contribution in [2.45, 2.75) is 249 Å². The van der Waals surface area contributed by atoms with E-state index in [1.54, 1.807) is 88.6 Å². The smallest absolute Gasteiger partial charge is 0.305 e. The van der Waals surface area contributed by atoms with Crippen LogP contribution in [0.1, 0.15) is 161 Å². The first-order valence-electron chi connectivity index (χ1n) is 44.6. The molecule has 40 heteroatoms. The van der Waals surface area contributed by atoms with Crippen molar-refractivity contribution in [2.24, 2.45) is 23.3 Å². The second-order valence-electron chi connectivity index (χ2n) is 34.5. The molecule has 0 spiro atoms. The third kappa shape index (κ3) is 28.6. The number of carbonyl (C=O) groups is 17. The maximum absolute atomic E-state index is 15.7. The number of amides is 16. The van der Waals surface area contributed by atoms with Crippen LogP contribution in [0.25, 0.3) is 21.8 Å². The number of aromatic nitrogens is 2. The van der Waals surface area contributed by atoms with Crippen LogP contribution in [0.4, 0.5) is 0 Å². The molecule has 0 unspecified atom stereocenters. The van der Waals surface area contributed by atoms with E-state index in [9.17, 15) is 63.3 Å². The lowest BCUT2D eigenvalue weighted by Crippen LogP contribution is -2.61. The third-order valence-corrected chi connectivity index (χ3v) is 24.7. The number of benzene rings is 3. The molecule has 5 heterocycles. The minimum absolute atomic E-state index is 0.00460. The summed E-state index contributed by atoms with van der Waals surface area (Å²) in [7, 11) is 3.97. The number of carbonyl (C=O) groups excluding carboxylic acids is 16. The Labute approximate surface area is 759 Å². The van der Waals surface area contributed by atoms with Crippen LogP contribution in [0.5, 0.6) is 5.75 Å². The summed E-state index contributed by atoms with van der Waals surface area (Å²) in [6.07, 6.45) is 4.01. The lowest BCUT2D eigenvalue weighted by Gasteiger charge is -2.36. The number of nitrogens with two attached hydrogens (primary N) is 2. The molecular weight excluding hydrogens is 1700 g/mol. The topological polar surface area (TPSA) is 571 Å². The number of hydrogen-bond donors (Lipinski definition) is 17. The first-order valence-corrected chi connectivity index (χ1v) is 45.7. The second-order valence-corrected chi connectivity index (χ2v) is 35.5. The zero-order valence-electron chi connectivity index (χ0n) is 75.6. The zero-order chi connectivity index (χ0) is 95.3. The fraction of sp³-hybridized carbons (Fsp3) is 0.567. The highest BCUT2D eigenvalue weighted by atomic mass is 32.2. The summed E-state index contributed by atoms with van der Waals surface area (Å²) in [6, 6.07) is -0.896. The number of carboxylic acids is 1. The number of aromatic amines is 2. The largest absolute Gasteiger partial charge is 0.508 e. The van der Waals surface area contributed by atoms with Gasteiger partial charge < -0.3 is 114 Å². The van der Waals surface area contributed by atoms with Crippen LogP contribution in [-0.4, -0.2) is 300 Å². The molecule has 3 aliphatic rings. The minimum Gasteiger partial charge on any atom is -0.508 e. The molecule has 3 saturated heterocycles. The maximum Gasteiger partial charge on any atom is 0.305 e. The number of thioether (sulfide) groups is 1. The average molecular weight is 1830 g/mol. The number of fused-ring (bicyclic) bond motifs is 4. The molecule has 0 aliphatic carbocycles. The Hall–Kier alpha value is -12.2. The molecule has 8 rings (SSSR count). The zero-order valence-corrected chi connectivity index (χ0v) is 76.4. The molecule has 3 fully saturated rings. The molecule has 710 valence electrons. The average Bonchev–Trinajstić information content (AvgIpc) is 1.11. The van der Waals surface area contributed by atoms with Gasteiger partial charge in [0.15, 0.2) is 0 Å². The van der Waals surface area contributed by atoms with Gasteiger partial charge in [0.1, 0.15) is 90.3 Å². The Bertz CT molecular complexity index is 4830. The van der Waals surface area contributed by atoms with E-state index in [-0.39, 0.29) is 121 Å². The van der Waals surface area contributed by atoms with Gasteiger partial charge in [-0.25, -0.2) is 0 Å². The number of aliphatic hydroxyl groups is 1. The van der Waals surface area contributed by atoms with Crippen molar-refractivity contribution in [2.75, 3.05) is 65.4 Å². The quantitative estimate of drug-likeness (QED) is 0.0372. The number of phenolic OH excluding ortho intramolecular Hbond substituents is 1. The number of nitrogens with one attached hydrogen (secondary N) is 12. The highest BCUT2D eigenvalue weighted by Gasteiger charge is 2.46. The molecule has 0 radical (unpaired) electrons. The van der Waals surface area contributed by atoms with Gasteiger partial charge in [0.2, 0.25) is 94.5 Å². The van der Waals surface area contributed by atoms with E-state index in [0.29, 0.717) is 64.2 Å². The van der Waals surface area contributed by atoms with Gasteiger partial charge in [-0.05, 0) is 130 Å². The van der Waals surface area contributed by atoms with Crippen molar-refractivity contribution in [1.29, 1.82) is 0 Å². The number of nitrogens with zero attached hydrogens (tertiary/aromatic N) is 5. The predicted molar refractivity (Wildman–Crippen MR) is 483 cm³/mol. The summed E-state index contributed by atoms with van der Waals surface area (Å²) in [6.45, 7) is 10.3. The number of phenols is 1. The highest BCUT2D eigenvalue weighted by molar-refractivity contribution is 8.00. The van der Waals surface area contributed by atoms with E-state index in [0.717, 1.165) is 21.6 Å². The molecular formula is C90H129N19O20S. The van der Waals surface area contributed by atoms with Gasteiger partial charge in [0.25, 0.3) is 0 Å². The van der Waals surface area contributed by atoms with E-state index in [2.05, 4.69) is 63.1 Å². The molecule has 19 N–H and O–H groups in total. The standard InChI is InChI=1S/C90H129N19O20S/c1-11-13-27-70-83(122)98-62(38-50(3)4)80(119)104-69(78(117)95-46-74(92)112)48-130-49-75(113)96-65(40-53-31-33-56(111)34-32-53)86(125)105(8)52(7)77(116)100-67(43-76(114)115)89(128)109-37-20-29-71(109)84(123)97-61(26-19-35-91)79(118)101-64(39-51(5)6)88(127)108-36-21-30-72(108)85(124)99-63(41-54-44-93-59-24-17-15-22-57(54)59)81(120)103-68(47-110)82(121)102-66(42-55-45-94-60-25-18-16-23-58(55)60)87(126)107(10)73(28-14-12-2)90(129)106(70)9/h15-18,22-25,31-34,44-45,50-52,61-73,93-94,110-111H,11-14,19-21,26-30,35-43,46-49,91H2,1-10H3,(H2,92,112)(H,95,117)(H,96,113)(H,97,123)(H,98,122)(H,99,124)(H,100,116)(H,101,118)(H,102,121)(H,103,120)(H,104,119)(H,114,115)/t52-,61-,62-,63-,64-,65-,66-,67-,68-,69-,70-,71-,72-,73-/m0/s1. The molecule has 5 aromatic rings. The van der Waals surface area contributed by atoms with Crippen molar-refractivity contribution >= 4 is 134 Å². The fourth-order valence-electron chi connectivity index (χ4n) is 16.4. The van der Waals surface area contributed by atoms with Crippen LogP contribution in [-0.2, 0) is 101 Å². The summed E-state index contributed by atoms with van der Waals surface area (Å²) >= 11 is 0.794. The first-order chi connectivity index (χ1) is 61.9. The lowest BCUT2D eigenvalue weighted by atomic mass is 9.99. The summed E-state index contributed by atoms with van der Waals surface area (Å²) < 4.78 is 0. The van der Waals surface area contributed by atoms with Crippen molar-refractivity contribution in [3.63, 3.8) is 0 Å². The van der Waals surface area contributed by atoms with E-state index in [4.69, 9.17) is 11.5 Å². The van der Waals surface area contributed by atoms with Crippen molar-refractivity contribution in [1.82, 2.24) is 87.6 Å². The Kier molecular flexibility index (Phi) is 39.3. The first kappa shape index (κ1) is 103. The number of carboxylic acid groups (broad SMARTS) is 1. The number of para-hydroxylation sites is 2. The van der Waals surface area contributed by atoms with Gasteiger partial charge in [-0.15, -0.1) is 11.8 Å². The SMILES string of the molecule is CCCC[C@H]1C(=O)N(C)[C@@H](CCCC)C(=O)N[C@@H](CC(C)C)C(=O)N[C@H](C(=O)NCC(N)=O)CSCC(=O)N[C@@H](Cc2ccc(O)cc2)C(=O)N(C)[C@@H](C)C(=O)N[C@@H](CC(=O)O)C(=O)N2CCC[C@H]2C(=O)N[C@@H](CCCN)C(=O)N[C@@H](CC(C)C)C(=O)N2CCC[C@H]2C(=O)N[C@@H](Cc2c[nH]c3ccccc23)C(=O)N[C@@H](CO)C(=O)N[C@@H](Cc2c[nH]c3ccccc23)C(=O)N1C. The molecule has 14 atom stereocenters. The number of aliphatic carboxylic acids is 1. The number of primary amides is 1. The number of aliphatic hydroxyl groups excluding tert-OH is 1. The molecule has 0 saturated carbocycles. The van der Waals surface area contributed by atoms with Crippen LogP contribution >= 0.6 is 11.8 Å². The highest BCUT2D eigenvalue weighted by Crippen LogP contribution is 2.28. The van der Waals surface area contributed by atoms with Gasteiger partial charge in [-0.1, -0.05) is 116 Å². The van der Waals surface area contributed by atoms with Crippen LogP contribution in [0, 0.1) is 11.8 Å². The lowest BCUT2D eigenvalue weighted by molar-refractivity contribution is -0.149. The molecule has 16 amide bonds. The molecule has 39 nitrogen and oxygen atoms in total. The van der Waals surface area contributed by atoms with Crippen molar-refractivity contribution in [3.8, 4) is 5.75 Å². The summed E-state index contributed by atoms with van der Waals surface area (Å²) in [4.78, 5) is 261. The Morgan fingerprint density at radius 1 is 0.508 bits per heavy atom. The van der Waals surface area contributed by atoms with E-state index in [1.165, 1.54) is 67.0 Å². The summed E-state index contributed by atoms with van der Waals surface area (Å²) in [5.74, 6) is -17.3. The molecule has 3 aromatic carbocycles. The maximum atomic E-state index is 15.7. The van der Waals surface area contributed by atoms with Crippen molar-refractivity contribution < 1.29 is 96.8 Å². The number of aromatic hydroxyl groups is 1. The number of likely N-dealkylation sites (N-methyl/N-ethyl adjacent to an activating group) is 3. The third-order valence-electron chi connectivity index (χ3n) is 23.7. The van der Waals surface area contributed by atoms with E-state index < -0.39 is 216 Å². The molecule has 3 aliphatic heterocycles. The summed E-state index contributed by atoms with van der Waals surface area (Å²) in [5.41, 5.74) is 14.2. The number of unbranched alkanes of at least 4 members (excludes halogenated alkanes) is 2. The minimum atomic E-state index is -1.86. The van der Waals surface area contributed by atoms with E-state index >= 15 is 33.6 Å². The monoisotopic (exact) mass is 1830 g/mol. The van der Waals surface area contributed by atoms with Gasteiger partial charge in [-0.3, -0.25) is 81.5 Å². The Morgan fingerprint density at radius 3 is 1.53 bits per heavy atom. The predicted octanol–water partition coefficient (Wildman–Crippen LogP) is 0.256. The van der Waals surface area contributed by atoms with Crippen LogP contribution < -0.4 is 64.6 Å². The second kappa shape index (κ2) is 49.5. The normalized spacial score (nSPS) is 24.8. The van der Waals surface area contributed by atoms with Crippen molar-refractivity contribution in [3.05, 3.63) is 102 Å². The number of rotatable bonds is 25. The Morgan fingerprint density at radius 2 is 0.977 bits per heavy atom. The summed E-state index contributed by atoms with van der Waals surface area (Å²) in [5, 5.41) is 59.7. The molecule has 0 bridgehead atoms. The van der Waals surface area contributed by atoms with Crippen LogP contribution in [0.3, 0.4) is 0 Å². The van der Waals surface area contributed by atoms with Crippen LogP contribution in [0.2, 0.25) is 0 Å². The van der Waals surface area contributed by atoms with Crippen LogP contribution in [0.15, 0.2) is 85.2 Å². The van der Waals surface area contributed by atoms with Gasteiger partial charge in [0, 0.05) is 93.4 Å². The fourth-order valence-corrected chi connectivity index (χ4v) is 17.3. The van der Waals surface area contributed by atoms with Gasteiger partial charge in [-0.2, -0.15) is 0 Å². The van der Waals surface area contributed by atoms with Gasteiger partial charge >= 0.3 is 5.97 Å². The molecule has 130 heavy (non-hydrogen) atoms. The van der Waals surface area contributed by atoms with Gasteiger partial charge in [0.05, 0.1) is 25.3 Å². The number of H-pyrrole nitrogens is 2. The number of hydrogen-bond acceptors (Lipinski definition) is 21. The molecule has 2 aromatic heterocycles. The van der Waals surface area contributed by atoms with E-state index in [1.807, 2.05) is 13.8 Å².